The zero-order valence-corrected chi connectivity index (χ0v) is 17.0. The summed E-state index contributed by atoms with van der Waals surface area (Å²) in [5.41, 5.74) is 2.18. The molecule has 0 spiro atoms. The van der Waals surface area contributed by atoms with Gasteiger partial charge in [-0.25, -0.2) is 0 Å². The van der Waals surface area contributed by atoms with E-state index in [1.165, 1.54) is 0 Å². The predicted octanol–water partition coefficient (Wildman–Crippen LogP) is 5.01. The molecule has 3 aromatic rings. The number of methoxy groups -OCH3 is 1. The van der Waals surface area contributed by atoms with Crippen molar-refractivity contribution in [2.75, 3.05) is 19.5 Å². The number of thioether (sulfide) groups is 1. The van der Waals surface area contributed by atoms with E-state index < -0.39 is 0 Å². The van der Waals surface area contributed by atoms with Gasteiger partial charge in [0.05, 0.1) is 13.7 Å². The maximum Gasteiger partial charge on any atom is 0.191 e. The lowest BCUT2D eigenvalue weighted by Crippen LogP contribution is -2.07. The molecule has 0 atom stereocenters. The zero-order chi connectivity index (χ0) is 19.2. The van der Waals surface area contributed by atoms with E-state index in [4.69, 9.17) is 9.47 Å². The predicted molar refractivity (Wildman–Crippen MR) is 110 cm³/mol. The van der Waals surface area contributed by atoms with E-state index in [0.29, 0.717) is 6.61 Å². The van der Waals surface area contributed by atoms with Crippen molar-refractivity contribution in [1.82, 2.24) is 14.8 Å². The van der Waals surface area contributed by atoms with Gasteiger partial charge in [-0.15, -0.1) is 10.2 Å². The number of hydrogen-bond donors (Lipinski definition) is 0. The smallest absolute Gasteiger partial charge is 0.191 e. The van der Waals surface area contributed by atoms with E-state index in [1.54, 1.807) is 18.9 Å². The highest BCUT2D eigenvalue weighted by Crippen LogP contribution is 2.28. The van der Waals surface area contributed by atoms with Crippen LogP contribution in [0.3, 0.4) is 0 Å². The summed E-state index contributed by atoms with van der Waals surface area (Å²) in [4.78, 5) is 0. The monoisotopic (exact) mass is 383 g/mol. The minimum absolute atomic E-state index is 0.261. The summed E-state index contributed by atoms with van der Waals surface area (Å²) >= 11 is 1.66. The van der Waals surface area contributed by atoms with Crippen LogP contribution in [-0.4, -0.2) is 34.2 Å². The van der Waals surface area contributed by atoms with Gasteiger partial charge in [-0.05, 0) is 56.7 Å². The summed E-state index contributed by atoms with van der Waals surface area (Å²) in [6.45, 7) is 6.96. The average Bonchev–Trinajstić information content (AvgIpc) is 3.11. The molecule has 1 heterocycles. The number of hydrogen-bond acceptors (Lipinski definition) is 5. The number of nitrogens with zero attached hydrogens (tertiary/aromatic N) is 3. The van der Waals surface area contributed by atoms with Crippen LogP contribution in [0.4, 0.5) is 0 Å². The zero-order valence-electron chi connectivity index (χ0n) is 16.2. The first-order valence-corrected chi connectivity index (χ1v) is 9.99. The Bertz CT molecular complexity index is 875. The highest BCUT2D eigenvalue weighted by molar-refractivity contribution is 7.99. The number of aryl methyl sites for hydroxylation is 1. The molecule has 0 unspecified atom stereocenters. The minimum atomic E-state index is 0.261. The van der Waals surface area contributed by atoms with Gasteiger partial charge >= 0.3 is 0 Å². The maximum absolute atomic E-state index is 5.88. The van der Waals surface area contributed by atoms with Gasteiger partial charge in [-0.3, -0.25) is 4.57 Å². The molecule has 0 amide bonds. The summed E-state index contributed by atoms with van der Waals surface area (Å²) < 4.78 is 13.3. The van der Waals surface area contributed by atoms with Gasteiger partial charge in [0.2, 0.25) is 0 Å². The fourth-order valence-electron chi connectivity index (χ4n) is 2.78. The molecular formula is C21H25N3O2S. The highest BCUT2D eigenvalue weighted by atomic mass is 32.2. The molecule has 142 valence electrons. The SMILES string of the molecule is COc1ccc(-c2nnc(SCCOc3ccccc3C)n2C(C)C)cc1. The van der Waals surface area contributed by atoms with Crippen LogP contribution >= 0.6 is 11.8 Å². The normalized spacial score (nSPS) is 11.0. The Hall–Kier alpha value is -2.47. The molecule has 3 rings (SSSR count). The molecule has 0 saturated carbocycles. The van der Waals surface area contributed by atoms with E-state index in [2.05, 4.69) is 41.6 Å². The van der Waals surface area contributed by atoms with Crippen LogP contribution in [-0.2, 0) is 0 Å². The van der Waals surface area contributed by atoms with Gasteiger partial charge in [0.1, 0.15) is 11.5 Å². The lowest BCUT2D eigenvalue weighted by Gasteiger charge is -2.14. The standard InChI is InChI=1S/C21H25N3O2S/c1-15(2)24-20(17-9-11-18(25-4)12-10-17)22-23-21(24)27-14-13-26-19-8-6-5-7-16(19)3/h5-12,15H,13-14H2,1-4H3. The second kappa shape index (κ2) is 8.95. The largest absolute Gasteiger partial charge is 0.497 e. The van der Waals surface area contributed by atoms with Gasteiger partial charge in [0.25, 0.3) is 0 Å². The van der Waals surface area contributed by atoms with Crippen LogP contribution in [0.5, 0.6) is 11.5 Å². The summed E-state index contributed by atoms with van der Waals surface area (Å²) in [5.74, 6) is 3.44. The molecule has 0 fully saturated rings. The second-order valence-electron chi connectivity index (χ2n) is 6.46. The maximum atomic E-state index is 5.88. The van der Waals surface area contributed by atoms with Gasteiger partial charge < -0.3 is 9.47 Å². The third-order valence-electron chi connectivity index (χ3n) is 4.19. The Morgan fingerprint density at radius 1 is 1.04 bits per heavy atom. The molecule has 27 heavy (non-hydrogen) atoms. The number of benzene rings is 2. The van der Waals surface area contributed by atoms with Crippen molar-refractivity contribution in [3.63, 3.8) is 0 Å². The fraction of sp³-hybridized carbons (Fsp3) is 0.333. The van der Waals surface area contributed by atoms with E-state index in [9.17, 15) is 0 Å². The van der Waals surface area contributed by atoms with Crippen molar-refractivity contribution < 1.29 is 9.47 Å². The first-order chi connectivity index (χ1) is 13.1. The molecule has 0 N–H and O–H groups in total. The number of ether oxygens (including phenoxy) is 2. The number of aromatic nitrogens is 3. The van der Waals surface area contributed by atoms with Crippen LogP contribution in [0.1, 0.15) is 25.5 Å². The first-order valence-electron chi connectivity index (χ1n) is 9.00. The molecule has 0 radical (unpaired) electrons. The summed E-state index contributed by atoms with van der Waals surface area (Å²) in [6, 6.07) is 16.2. The van der Waals surface area contributed by atoms with Crippen LogP contribution < -0.4 is 9.47 Å². The molecule has 0 aliphatic carbocycles. The first kappa shape index (κ1) is 19.3. The molecule has 0 aliphatic heterocycles. The van der Waals surface area contributed by atoms with E-state index in [1.807, 2.05) is 42.5 Å². The third kappa shape index (κ3) is 4.63. The van der Waals surface area contributed by atoms with E-state index in [-0.39, 0.29) is 6.04 Å². The summed E-state index contributed by atoms with van der Waals surface area (Å²) in [5, 5.41) is 9.74. The molecule has 0 bridgehead atoms. The Morgan fingerprint density at radius 2 is 1.78 bits per heavy atom. The molecule has 6 heteroatoms. The summed E-state index contributed by atoms with van der Waals surface area (Å²) in [7, 11) is 1.67. The molecule has 0 saturated heterocycles. The van der Waals surface area contributed by atoms with Crippen molar-refractivity contribution >= 4 is 11.8 Å². The van der Waals surface area contributed by atoms with E-state index in [0.717, 1.165) is 39.4 Å². The quantitative estimate of drug-likeness (QED) is 0.404. The van der Waals surface area contributed by atoms with Crippen molar-refractivity contribution in [2.24, 2.45) is 0 Å². The van der Waals surface area contributed by atoms with Crippen LogP contribution in [0.25, 0.3) is 11.4 Å². The van der Waals surface area contributed by atoms with Crippen LogP contribution in [0, 0.1) is 6.92 Å². The molecular weight excluding hydrogens is 358 g/mol. The topological polar surface area (TPSA) is 49.2 Å². The second-order valence-corrected chi connectivity index (χ2v) is 7.52. The van der Waals surface area contributed by atoms with Gasteiger partial charge in [-0.1, -0.05) is 30.0 Å². The Morgan fingerprint density at radius 3 is 2.44 bits per heavy atom. The lowest BCUT2D eigenvalue weighted by molar-refractivity contribution is 0.341. The Labute approximate surface area is 164 Å². The van der Waals surface area contributed by atoms with Crippen LogP contribution in [0.2, 0.25) is 0 Å². The molecule has 5 nitrogen and oxygen atoms in total. The lowest BCUT2D eigenvalue weighted by atomic mass is 10.2. The highest BCUT2D eigenvalue weighted by Gasteiger charge is 2.16. The van der Waals surface area contributed by atoms with Crippen molar-refractivity contribution in [3.8, 4) is 22.9 Å². The third-order valence-corrected chi connectivity index (χ3v) is 5.10. The van der Waals surface area contributed by atoms with Gasteiger partial charge in [0, 0.05) is 17.4 Å². The summed E-state index contributed by atoms with van der Waals surface area (Å²) in [6.07, 6.45) is 0. The van der Waals surface area contributed by atoms with Gasteiger partial charge in [0.15, 0.2) is 11.0 Å². The minimum Gasteiger partial charge on any atom is -0.497 e. The van der Waals surface area contributed by atoms with Gasteiger partial charge in [-0.2, -0.15) is 0 Å². The van der Waals surface area contributed by atoms with Crippen molar-refractivity contribution in [1.29, 1.82) is 0 Å². The molecule has 0 aliphatic rings. The number of rotatable bonds is 8. The fourth-order valence-corrected chi connectivity index (χ4v) is 3.66. The Kier molecular flexibility index (Phi) is 6.40. The Balaban J connectivity index is 1.68. The van der Waals surface area contributed by atoms with E-state index >= 15 is 0 Å². The average molecular weight is 384 g/mol. The van der Waals surface area contributed by atoms with Crippen molar-refractivity contribution in [3.05, 3.63) is 54.1 Å². The number of para-hydroxylation sites is 1. The molecule has 1 aromatic heterocycles. The molecule has 2 aromatic carbocycles. The van der Waals surface area contributed by atoms with Crippen LogP contribution in [0.15, 0.2) is 53.7 Å². The van der Waals surface area contributed by atoms with Crippen molar-refractivity contribution in [2.45, 2.75) is 32.0 Å².